The molecule has 3 aromatic rings. The lowest BCUT2D eigenvalue weighted by molar-refractivity contribution is 0.112. The highest BCUT2D eigenvalue weighted by Crippen LogP contribution is 2.40. The summed E-state index contributed by atoms with van der Waals surface area (Å²) in [6, 6.07) is 8.28. The zero-order chi connectivity index (χ0) is 20.8. The molecule has 0 amide bonds. The number of aldehydes is 1. The van der Waals surface area contributed by atoms with Crippen LogP contribution in [0.3, 0.4) is 0 Å². The standard InChI is InChI=1S/C20H20N2O7/c1-24-15-7-12(10-23)5-6-14(15)28-11-18-21-20(22-29-18)13-8-16(25-2)19(27-4)17(9-13)26-3/h5-10H,11H2,1-4H3. The Bertz CT molecular complexity index is 975. The molecule has 0 aliphatic rings. The molecule has 0 saturated heterocycles. The summed E-state index contributed by atoms with van der Waals surface area (Å²) < 4.78 is 32.2. The van der Waals surface area contributed by atoms with E-state index in [2.05, 4.69) is 10.1 Å². The van der Waals surface area contributed by atoms with Gasteiger partial charge in [0.15, 0.2) is 29.6 Å². The number of methoxy groups -OCH3 is 4. The van der Waals surface area contributed by atoms with E-state index in [-0.39, 0.29) is 12.5 Å². The van der Waals surface area contributed by atoms with Gasteiger partial charge in [-0.3, -0.25) is 4.79 Å². The van der Waals surface area contributed by atoms with Crippen LogP contribution in [0.4, 0.5) is 0 Å². The van der Waals surface area contributed by atoms with E-state index in [1.165, 1.54) is 28.4 Å². The van der Waals surface area contributed by atoms with E-state index < -0.39 is 0 Å². The first kappa shape index (κ1) is 20.0. The Kier molecular flexibility index (Phi) is 6.18. The second-order valence-corrected chi connectivity index (χ2v) is 5.74. The van der Waals surface area contributed by atoms with Gasteiger partial charge >= 0.3 is 0 Å². The fourth-order valence-electron chi connectivity index (χ4n) is 2.66. The number of carbonyl (C=O) groups is 1. The largest absolute Gasteiger partial charge is 0.493 e. The number of ether oxygens (including phenoxy) is 5. The molecule has 3 rings (SSSR count). The molecule has 2 aromatic carbocycles. The number of hydrogen-bond acceptors (Lipinski definition) is 9. The highest BCUT2D eigenvalue weighted by molar-refractivity contribution is 5.76. The topological polar surface area (TPSA) is 102 Å². The molecule has 0 saturated carbocycles. The van der Waals surface area contributed by atoms with Crippen molar-refractivity contribution < 1.29 is 33.0 Å². The van der Waals surface area contributed by atoms with Gasteiger partial charge in [0.1, 0.15) is 6.29 Å². The van der Waals surface area contributed by atoms with E-state index in [1.807, 2.05) is 0 Å². The van der Waals surface area contributed by atoms with Gasteiger partial charge in [-0.15, -0.1) is 0 Å². The molecule has 0 N–H and O–H groups in total. The van der Waals surface area contributed by atoms with Crippen LogP contribution < -0.4 is 23.7 Å². The molecular formula is C20H20N2O7. The first-order valence-corrected chi connectivity index (χ1v) is 8.52. The monoisotopic (exact) mass is 400 g/mol. The summed E-state index contributed by atoms with van der Waals surface area (Å²) in [5, 5.41) is 3.98. The summed E-state index contributed by atoms with van der Waals surface area (Å²) in [5.74, 6) is 2.90. The third-order valence-corrected chi connectivity index (χ3v) is 4.07. The first-order chi connectivity index (χ1) is 14.1. The fourth-order valence-corrected chi connectivity index (χ4v) is 2.66. The molecule has 0 bridgehead atoms. The molecule has 0 atom stereocenters. The maximum atomic E-state index is 10.9. The second-order valence-electron chi connectivity index (χ2n) is 5.74. The number of rotatable bonds is 9. The second kappa shape index (κ2) is 8.96. The smallest absolute Gasteiger partial charge is 0.264 e. The number of aromatic nitrogens is 2. The van der Waals surface area contributed by atoms with Crippen LogP contribution in [0.2, 0.25) is 0 Å². The van der Waals surface area contributed by atoms with Crippen molar-refractivity contribution in [2.45, 2.75) is 6.61 Å². The SMILES string of the molecule is COc1cc(C=O)ccc1OCc1nc(-c2cc(OC)c(OC)c(OC)c2)no1. The highest BCUT2D eigenvalue weighted by Gasteiger charge is 2.18. The van der Waals surface area contributed by atoms with E-state index >= 15 is 0 Å². The Morgan fingerprint density at radius 1 is 0.897 bits per heavy atom. The van der Waals surface area contributed by atoms with Crippen LogP contribution in [-0.4, -0.2) is 44.9 Å². The number of benzene rings is 2. The molecule has 152 valence electrons. The quantitative estimate of drug-likeness (QED) is 0.501. The van der Waals surface area contributed by atoms with Crippen LogP contribution in [-0.2, 0) is 6.61 Å². The predicted molar refractivity (Wildman–Crippen MR) is 102 cm³/mol. The van der Waals surface area contributed by atoms with E-state index in [0.717, 1.165) is 6.29 Å². The van der Waals surface area contributed by atoms with E-state index in [1.54, 1.807) is 30.3 Å². The van der Waals surface area contributed by atoms with Gasteiger partial charge in [0.2, 0.25) is 11.6 Å². The van der Waals surface area contributed by atoms with Crippen LogP contribution in [0.1, 0.15) is 16.2 Å². The van der Waals surface area contributed by atoms with Gasteiger partial charge < -0.3 is 28.2 Å². The molecule has 0 aliphatic carbocycles. The Balaban J connectivity index is 1.80. The molecule has 29 heavy (non-hydrogen) atoms. The summed E-state index contributed by atoms with van der Waals surface area (Å²) in [7, 11) is 6.07. The molecule has 0 spiro atoms. The minimum Gasteiger partial charge on any atom is -0.493 e. The molecule has 9 nitrogen and oxygen atoms in total. The van der Waals surface area contributed by atoms with Gasteiger partial charge in [0, 0.05) is 11.1 Å². The molecular weight excluding hydrogens is 380 g/mol. The lowest BCUT2D eigenvalue weighted by Crippen LogP contribution is -1.99. The van der Waals surface area contributed by atoms with Crippen LogP contribution in [0, 0.1) is 0 Å². The van der Waals surface area contributed by atoms with Gasteiger partial charge in [-0.05, 0) is 30.3 Å². The fraction of sp³-hybridized carbons (Fsp3) is 0.250. The Labute approximate surface area is 167 Å². The van der Waals surface area contributed by atoms with Crippen molar-refractivity contribution in [1.82, 2.24) is 10.1 Å². The molecule has 0 unspecified atom stereocenters. The van der Waals surface area contributed by atoms with Gasteiger partial charge in [-0.1, -0.05) is 5.16 Å². The van der Waals surface area contributed by atoms with Crippen LogP contribution >= 0.6 is 0 Å². The first-order valence-electron chi connectivity index (χ1n) is 8.52. The van der Waals surface area contributed by atoms with Crippen LogP contribution in [0.25, 0.3) is 11.4 Å². The van der Waals surface area contributed by atoms with Crippen molar-refractivity contribution >= 4 is 6.29 Å². The van der Waals surface area contributed by atoms with Crippen molar-refractivity contribution in [2.75, 3.05) is 28.4 Å². The summed E-state index contributed by atoms with van der Waals surface area (Å²) >= 11 is 0. The Hall–Kier alpha value is -3.75. The number of nitrogens with zero attached hydrogens (tertiary/aromatic N) is 2. The zero-order valence-corrected chi connectivity index (χ0v) is 16.4. The molecule has 1 aromatic heterocycles. The molecule has 0 fully saturated rings. The zero-order valence-electron chi connectivity index (χ0n) is 16.4. The average Bonchev–Trinajstić information content (AvgIpc) is 3.25. The minimum atomic E-state index is 0.0220. The Morgan fingerprint density at radius 3 is 2.17 bits per heavy atom. The van der Waals surface area contributed by atoms with E-state index in [9.17, 15) is 4.79 Å². The van der Waals surface area contributed by atoms with Gasteiger partial charge in [-0.25, -0.2) is 0 Å². The lowest BCUT2D eigenvalue weighted by Gasteiger charge is -2.12. The summed E-state index contributed by atoms with van der Waals surface area (Å²) in [6.07, 6.45) is 0.730. The normalized spacial score (nSPS) is 10.3. The maximum Gasteiger partial charge on any atom is 0.264 e. The third kappa shape index (κ3) is 4.23. The third-order valence-electron chi connectivity index (χ3n) is 4.07. The van der Waals surface area contributed by atoms with Crippen molar-refractivity contribution in [2.24, 2.45) is 0 Å². The van der Waals surface area contributed by atoms with Crippen molar-refractivity contribution in [1.29, 1.82) is 0 Å². The average molecular weight is 400 g/mol. The van der Waals surface area contributed by atoms with Crippen molar-refractivity contribution in [3.05, 3.63) is 41.8 Å². The predicted octanol–water partition coefficient (Wildman–Crippen LogP) is 3.16. The van der Waals surface area contributed by atoms with E-state index in [0.29, 0.717) is 45.7 Å². The molecule has 0 aliphatic heterocycles. The lowest BCUT2D eigenvalue weighted by atomic mass is 10.1. The van der Waals surface area contributed by atoms with Gasteiger partial charge in [-0.2, -0.15) is 4.98 Å². The van der Waals surface area contributed by atoms with Gasteiger partial charge in [0.05, 0.1) is 28.4 Å². The van der Waals surface area contributed by atoms with Crippen molar-refractivity contribution in [3.8, 4) is 40.1 Å². The number of carbonyl (C=O) groups excluding carboxylic acids is 1. The minimum absolute atomic E-state index is 0.0220. The Morgan fingerprint density at radius 2 is 1.59 bits per heavy atom. The summed E-state index contributed by atoms with van der Waals surface area (Å²) in [4.78, 5) is 15.2. The van der Waals surface area contributed by atoms with Crippen LogP contribution in [0.5, 0.6) is 28.7 Å². The van der Waals surface area contributed by atoms with Gasteiger partial charge in [0.25, 0.3) is 5.89 Å². The van der Waals surface area contributed by atoms with Crippen molar-refractivity contribution in [3.63, 3.8) is 0 Å². The highest BCUT2D eigenvalue weighted by atomic mass is 16.5. The molecule has 1 heterocycles. The molecule has 0 radical (unpaired) electrons. The summed E-state index contributed by atoms with van der Waals surface area (Å²) in [5.41, 5.74) is 1.11. The van der Waals surface area contributed by atoms with Crippen LogP contribution in [0.15, 0.2) is 34.9 Å². The molecule has 9 heteroatoms. The maximum absolute atomic E-state index is 10.9. The summed E-state index contributed by atoms with van der Waals surface area (Å²) in [6.45, 7) is 0.0220. The van der Waals surface area contributed by atoms with E-state index in [4.69, 9.17) is 28.2 Å². The number of hydrogen-bond donors (Lipinski definition) is 0.